The van der Waals surface area contributed by atoms with E-state index >= 15 is 0 Å². The SMILES string of the molecule is CCC(=O)c1ccn(Cc2ncnn2C(C)C)c1. The van der Waals surface area contributed by atoms with Crippen LogP contribution in [0, 0.1) is 0 Å². The van der Waals surface area contributed by atoms with E-state index in [0.29, 0.717) is 13.0 Å². The van der Waals surface area contributed by atoms with Crippen molar-refractivity contribution in [2.24, 2.45) is 0 Å². The molecule has 2 heterocycles. The van der Waals surface area contributed by atoms with Crippen LogP contribution in [0.15, 0.2) is 24.8 Å². The average Bonchev–Trinajstić information content (AvgIpc) is 2.97. The number of aromatic nitrogens is 4. The maximum absolute atomic E-state index is 11.6. The number of Topliss-reactive ketones (excluding diaryl/α,β-unsaturated/α-hetero) is 1. The van der Waals surface area contributed by atoms with Gasteiger partial charge in [0.15, 0.2) is 5.78 Å². The van der Waals surface area contributed by atoms with E-state index < -0.39 is 0 Å². The molecule has 0 saturated heterocycles. The Hall–Kier alpha value is -1.91. The highest BCUT2D eigenvalue weighted by Crippen LogP contribution is 2.09. The second kappa shape index (κ2) is 5.16. The van der Waals surface area contributed by atoms with Crippen LogP contribution in [-0.2, 0) is 6.54 Å². The van der Waals surface area contributed by atoms with Crippen molar-refractivity contribution < 1.29 is 4.79 Å². The van der Waals surface area contributed by atoms with Crippen molar-refractivity contribution in [3.63, 3.8) is 0 Å². The van der Waals surface area contributed by atoms with Crippen LogP contribution in [0.1, 0.15) is 49.4 Å². The van der Waals surface area contributed by atoms with E-state index in [0.717, 1.165) is 11.4 Å². The zero-order valence-corrected chi connectivity index (χ0v) is 11.0. The number of hydrogen-bond acceptors (Lipinski definition) is 3. The lowest BCUT2D eigenvalue weighted by Crippen LogP contribution is -2.11. The van der Waals surface area contributed by atoms with Gasteiger partial charge in [0, 0.05) is 30.4 Å². The summed E-state index contributed by atoms with van der Waals surface area (Å²) in [6.07, 6.45) is 5.87. The summed E-state index contributed by atoms with van der Waals surface area (Å²) in [5.74, 6) is 1.06. The van der Waals surface area contributed by atoms with Gasteiger partial charge in [-0.15, -0.1) is 0 Å². The van der Waals surface area contributed by atoms with E-state index in [9.17, 15) is 4.79 Å². The Balaban J connectivity index is 2.16. The van der Waals surface area contributed by atoms with E-state index in [-0.39, 0.29) is 11.8 Å². The molecular weight excluding hydrogens is 228 g/mol. The van der Waals surface area contributed by atoms with Crippen LogP contribution in [0.3, 0.4) is 0 Å². The molecule has 0 unspecified atom stereocenters. The van der Waals surface area contributed by atoms with Crippen molar-refractivity contribution in [3.05, 3.63) is 36.2 Å². The first kappa shape index (κ1) is 12.5. The first-order valence-corrected chi connectivity index (χ1v) is 6.19. The quantitative estimate of drug-likeness (QED) is 0.761. The standard InChI is InChI=1S/C13H18N4O/c1-4-12(18)11-5-6-16(7-11)8-13-14-9-15-17(13)10(2)3/h5-7,9-10H,4,8H2,1-3H3. The molecule has 96 valence electrons. The second-order valence-electron chi connectivity index (χ2n) is 4.56. The Morgan fingerprint density at radius 1 is 1.44 bits per heavy atom. The average molecular weight is 246 g/mol. The monoisotopic (exact) mass is 246 g/mol. The molecule has 0 amide bonds. The zero-order chi connectivity index (χ0) is 13.1. The highest BCUT2D eigenvalue weighted by atomic mass is 16.1. The van der Waals surface area contributed by atoms with Gasteiger partial charge in [-0.25, -0.2) is 9.67 Å². The third-order valence-electron chi connectivity index (χ3n) is 2.85. The van der Waals surface area contributed by atoms with Gasteiger partial charge in [-0.3, -0.25) is 4.79 Å². The largest absolute Gasteiger partial charge is 0.346 e. The fourth-order valence-electron chi connectivity index (χ4n) is 1.89. The van der Waals surface area contributed by atoms with Crippen molar-refractivity contribution in [1.29, 1.82) is 0 Å². The van der Waals surface area contributed by atoms with Gasteiger partial charge in [-0.05, 0) is 19.9 Å². The molecule has 0 saturated carbocycles. The van der Waals surface area contributed by atoms with Crippen molar-refractivity contribution in [2.75, 3.05) is 0 Å². The maximum atomic E-state index is 11.6. The first-order valence-electron chi connectivity index (χ1n) is 6.19. The third kappa shape index (κ3) is 2.50. The zero-order valence-electron chi connectivity index (χ0n) is 11.0. The fourth-order valence-corrected chi connectivity index (χ4v) is 1.89. The smallest absolute Gasteiger partial charge is 0.164 e. The highest BCUT2D eigenvalue weighted by molar-refractivity contribution is 5.95. The lowest BCUT2D eigenvalue weighted by atomic mass is 10.2. The molecule has 5 heteroatoms. The molecule has 0 bridgehead atoms. The van der Waals surface area contributed by atoms with Crippen LogP contribution in [0.5, 0.6) is 0 Å². The minimum atomic E-state index is 0.166. The lowest BCUT2D eigenvalue weighted by Gasteiger charge is -2.09. The fraction of sp³-hybridized carbons (Fsp3) is 0.462. The molecule has 0 aromatic carbocycles. The number of ketones is 1. The van der Waals surface area contributed by atoms with Gasteiger partial charge >= 0.3 is 0 Å². The summed E-state index contributed by atoms with van der Waals surface area (Å²) in [5.41, 5.74) is 0.758. The summed E-state index contributed by atoms with van der Waals surface area (Å²) in [7, 11) is 0. The van der Waals surface area contributed by atoms with Crippen LogP contribution in [0.4, 0.5) is 0 Å². The minimum absolute atomic E-state index is 0.166. The molecule has 2 rings (SSSR count). The Morgan fingerprint density at radius 2 is 2.22 bits per heavy atom. The van der Waals surface area contributed by atoms with E-state index in [2.05, 4.69) is 23.9 Å². The molecule has 2 aromatic heterocycles. The molecule has 0 aliphatic rings. The van der Waals surface area contributed by atoms with Gasteiger partial charge in [0.25, 0.3) is 0 Å². The summed E-state index contributed by atoms with van der Waals surface area (Å²) in [6.45, 7) is 6.64. The Kier molecular flexibility index (Phi) is 3.60. The summed E-state index contributed by atoms with van der Waals surface area (Å²) in [5, 5.41) is 4.20. The summed E-state index contributed by atoms with van der Waals surface area (Å²) in [6, 6.07) is 2.14. The number of hydrogen-bond donors (Lipinski definition) is 0. The number of nitrogens with zero attached hydrogens (tertiary/aromatic N) is 4. The molecule has 0 radical (unpaired) electrons. The predicted molar refractivity (Wildman–Crippen MR) is 68.6 cm³/mol. The first-order chi connectivity index (χ1) is 8.61. The Morgan fingerprint density at radius 3 is 2.89 bits per heavy atom. The molecule has 0 spiro atoms. The normalized spacial score (nSPS) is 11.1. The Labute approximate surface area is 106 Å². The van der Waals surface area contributed by atoms with Crippen LogP contribution in [0.2, 0.25) is 0 Å². The number of rotatable bonds is 5. The van der Waals surface area contributed by atoms with Crippen LogP contribution in [-0.4, -0.2) is 25.1 Å². The Bertz CT molecular complexity index is 539. The van der Waals surface area contributed by atoms with Gasteiger partial charge in [-0.1, -0.05) is 6.92 Å². The van der Waals surface area contributed by atoms with Crippen molar-refractivity contribution >= 4 is 5.78 Å². The van der Waals surface area contributed by atoms with E-state index in [1.165, 1.54) is 0 Å². The van der Waals surface area contributed by atoms with Crippen molar-refractivity contribution in [1.82, 2.24) is 19.3 Å². The summed E-state index contributed by atoms with van der Waals surface area (Å²) >= 11 is 0. The molecule has 5 nitrogen and oxygen atoms in total. The summed E-state index contributed by atoms with van der Waals surface area (Å²) < 4.78 is 3.85. The van der Waals surface area contributed by atoms with Crippen LogP contribution in [0.25, 0.3) is 0 Å². The second-order valence-corrected chi connectivity index (χ2v) is 4.56. The molecule has 0 N–H and O–H groups in total. The topological polar surface area (TPSA) is 52.7 Å². The highest BCUT2D eigenvalue weighted by Gasteiger charge is 2.09. The van der Waals surface area contributed by atoms with Gasteiger partial charge in [0.2, 0.25) is 0 Å². The molecule has 2 aromatic rings. The molecule has 0 atom stereocenters. The molecular formula is C13H18N4O. The third-order valence-corrected chi connectivity index (χ3v) is 2.85. The molecule has 0 fully saturated rings. The van der Waals surface area contributed by atoms with E-state index in [4.69, 9.17) is 0 Å². The van der Waals surface area contributed by atoms with Gasteiger partial charge < -0.3 is 4.57 Å². The van der Waals surface area contributed by atoms with Crippen LogP contribution >= 0.6 is 0 Å². The lowest BCUT2D eigenvalue weighted by molar-refractivity contribution is 0.0988. The minimum Gasteiger partial charge on any atom is -0.346 e. The predicted octanol–water partition coefficient (Wildman–Crippen LogP) is 2.30. The molecule has 0 aliphatic carbocycles. The van der Waals surface area contributed by atoms with E-state index in [1.807, 2.05) is 34.6 Å². The van der Waals surface area contributed by atoms with Gasteiger partial charge in [0.1, 0.15) is 12.2 Å². The molecule has 0 aliphatic heterocycles. The maximum Gasteiger partial charge on any atom is 0.164 e. The van der Waals surface area contributed by atoms with Crippen molar-refractivity contribution in [2.45, 2.75) is 39.8 Å². The van der Waals surface area contributed by atoms with E-state index in [1.54, 1.807) is 6.33 Å². The number of carbonyl (C=O) groups is 1. The number of carbonyl (C=O) groups excluding carboxylic acids is 1. The van der Waals surface area contributed by atoms with Crippen LogP contribution < -0.4 is 0 Å². The van der Waals surface area contributed by atoms with Gasteiger partial charge in [-0.2, -0.15) is 5.10 Å². The van der Waals surface area contributed by atoms with Crippen molar-refractivity contribution in [3.8, 4) is 0 Å². The molecule has 18 heavy (non-hydrogen) atoms. The van der Waals surface area contributed by atoms with Gasteiger partial charge in [0.05, 0.1) is 6.54 Å². The summed E-state index contributed by atoms with van der Waals surface area (Å²) in [4.78, 5) is 15.8.